The van der Waals surface area contributed by atoms with Crippen molar-refractivity contribution in [1.29, 1.82) is 0 Å². The van der Waals surface area contributed by atoms with E-state index in [1.54, 1.807) is 6.26 Å². The second-order valence-electron chi connectivity index (χ2n) is 2.81. The first-order chi connectivity index (χ1) is 6.25. The van der Waals surface area contributed by atoms with E-state index in [1.165, 1.54) is 0 Å². The lowest BCUT2D eigenvalue weighted by Crippen LogP contribution is -1.71. The lowest BCUT2D eigenvalue weighted by atomic mass is 10.1. The first kappa shape index (κ1) is 8.39. The third-order valence-electron chi connectivity index (χ3n) is 1.83. The molecule has 0 amide bonds. The minimum absolute atomic E-state index is 0.671. The molecule has 1 nitrogen and oxygen atoms in total. The average molecular weight is 192 g/mol. The van der Waals surface area contributed by atoms with Crippen LogP contribution in [0.15, 0.2) is 41.0 Å². The van der Waals surface area contributed by atoms with E-state index >= 15 is 0 Å². The largest absolute Gasteiger partial charge is 0.469 e. The van der Waals surface area contributed by atoms with Gasteiger partial charge in [-0.2, -0.15) is 0 Å². The molecule has 0 aliphatic rings. The lowest BCUT2D eigenvalue weighted by molar-refractivity contribution is 0.549. The highest BCUT2D eigenvalue weighted by Gasteiger charge is 2.00. The van der Waals surface area contributed by atoms with Crippen molar-refractivity contribution in [3.05, 3.63) is 54.3 Å². The van der Waals surface area contributed by atoms with Gasteiger partial charge in [0.1, 0.15) is 5.76 Å². The van der Waals surface area contributed by atoms with Crippen molar-refractivity contribution in [2.75, 3.05) is 0 Å². The Morgan fingerprint density at radius 3 is 2.31 bits per heavy atom. The van der Waals surface area contributed by atoms with Crippen LogP contribution in [0.2, 0.25) is 5.02 Å². The Hall–Kier alpha value is -1.21. The summed E-state index contributed by atoms with van der Waals surface area (Å²) in [7, 11) is 0. The molecular weight excluding hydrogens is 184 g/mol. The summed E-state index contributed by atoms with van der Waals surface area (Å²) in [5, 5.41) is 0.738. The Morgan fingerprint density at radius 1 is 1.08 bits per heavy atom. The van der Waals surface area contributed by atoms with Gasteiger partial charge in [-0.1, -0.05) is 23.7 Å². The van der Waals surface area contributed by atoms with Gasteiger partial charge in [-0.25, -0.2) is 0 Å². The first-order valence-corrected chi connectivity index (χ1v) is 4.30. The van der Waals surface area contributed by atoms with Crippen LogP contribution in [0, 0.1) is 6.92 Å². The Morgan fingerprint density at radius 2 is 1.77 bits per heavy atom. The summed E-state index contributed by atoms with van der Waals surface area (Å²) >= 11 is 5.77. The summed E-state index contributed by atoms with van der Waals surface area (Å²) in [4.78, 5) is 0. The molecule has 0 spiro atoms. The van der Waals surface area contributed by atoms with Gasteiger partial charge in [0.15, 0.2) is 0 Å². The highest BCUT2D eigenvalue weighted by Crippen LogP contribution is 2.23. The maximum absolute atomic E-state index is 5.77. The molecule has 0 aliphatic carbocycles. The number of halogens is 1. The van der Waals surface area contributed by atoms with Crippen LogP contribution in [0.4, 0.5) is 0 Å². The molecule has 0 bridgehead atoms. The summed E-state index contributed by atoms with van der Waals surface area (Å²) < 4.78 is 5.11. The zero-order valence-corrected chi connectivity index (χ0v) is 7.71. The Kier molecular flexibility index (Phi) is 2.11. The van der Waals surface area contributed by atoms with Gasteiger partial charge in [0.2, 0.25) is 0 Å². The van der Waals surface area contributed by atoms with Gasteiger partial charge in [0.25, 0.3) is 0 Å². The normalized spacial score (nSPS) is 10.3. The quantitative estimate of drug-likeness (QED) is 0.669. The average Bonchev–Trinajstić information content (AvgIpc) is 2.53. The third-order valence-corrected chi connectivity index (χ3v) is 2.08. The maximum atomic E-state index is 5.77. The van der Waals surface area contributed by atoms with Crippen LogP contribution in [0.25, 0.3) is 11.1 Å². The van der Waals surface area contributed by atoms with Gasteiger partial charge in [0.05, 0.1) is 6.26 Å². The van der Waals surface area contributed by atoms with Crippen molar-refractivity contribution in [3.63, 3.8) is 0 Å². The van der Waals surface area contributed by atoms with E-state index in [0.717, 1.165) is 16.1 Å². The monoisotopic (exact) mass is 191 g/mol. The fourth-order valence-electron chi connectivity index (χ4n) is 1.17. The van der Waals surface area contributed by atoms with Crippen LogP contribution in [-0.2, 0) is 0 Å². The number of rotatable bonds is 1. The number of hydrogen-bond acceptors (Lipinski definition) is 1. The lowest BCUT2D eigenvalue weighted by Gasteiger charge is -1.95. The molecule has 1 heterocycles. The zero-order chi connectivity index (χ0) is 9.26. The van der Waals surface area contributed by atoms with Gasteiger partial charge in [-0.3, -0.25) is 0 Å². The van der Waals surface area contributed by atoms with E-state index in [-0.39, 0.29) is 0 Å². The Balaban J connectivity index is 2.41. The van der Waals surface area contributed by atoms with Crippen LogP contribution in [0.3, 0.4) is 0 Å². The molecule has 2 aromatic rings. The van der Waals surface area contributed by atoms with Gasteiger partial charge in [0, 0.05) is 17.5 Å². The molecular formula is C11H8ClO. The van der Waals surface area contributed by atoms with Crippen molar-refractivity contribution in [2.24, 2.45) is 0 Å². The Labute approximate surface area is 82.0 Å². The van der Waals surface area contributed by atoms with Gasteiger partial charge in [-0.15, -0.1) is 0 Å². The number of benzene rings is 1. The molecule has 65 valence electrons. The molecule has 2 heteroatoms. The van der Waals surface area contributed by atoms with E-state index in [2.05, 4.69) is 6.92 Å². The molecule has 1 aromatic carbocycles. The standard InChI is InChI=1S/C11H8ClO/c1-8-6-10(7-13-8)9-2-4-11(12)5-3-9/h2-7H,1H2. The van der Waals surface area contributed by atoms with Crippen molar-refractivity contribution in [2.45, 2.75) is 0 Å². The van der Waals surface area contributed by atoms with E-state index in [4.69, 9.17) is 16.0 Å². The van der Waals surface area contributed by atoms with Gasteiger partial charge in [-0.05, 0) is 23.8 Å². The van der Waals surface area contributed by atoms with Gasteiger partial charge < -0.3 is 4.42 Å². The predicted molar refractivity (Wildman–Crippen MR) is 53.6 cm³/mol. The third kappa shape index (κ3) is 1.76. The molecule has 0 atom stereocenters. The zero-order valence-electron chi connectivity index (χ0n) is 6.96. The SMILES string of the molecule is [CH2]c1cc(-c2ccc(Cl)cc2)co1. The van der Waals surface area contributed by atoms with Gasteiger partial charge >= 0.3 is 0 Å². The molecule has 0 N–H and O–H groups in total. The molecule has 2 rings (SSSR count). The number of furan rings is 1. The van der Waals surface area contributed by atoms with Crippen LogP contribution in [0.1, 0.15) is 5.76 Å². The van der Waals surface area contributed by atoms with E-state index in [0.29, 0.717) is 5.76 Å². The predicted octanol–water partition coefficient (Wildman–Crippen LogP) is 3.78. The minimum atomic E-state index is 0.671. The second kappa shape index (κ2) is 3.27. The highest BCUT2D eigenvalue weighted by molar-refractivity contribution is 6.30. The molecule has 1 radical (unpaired) electrons. The topological polar surface area (TPSA) is 13.1 Å². The molecule has 0 saturated heterocycles. The summed E-state index contributed by atoms with van der Waals surface area (Å²) in [6.45, 7) is 3.69. The summed E-state index contributed by atoms with van der Waals surface area (Å²) in [6, 6.07) is 9.50. The Bertz CT molecular complexity index is 400. The summed E-state index contributed by atoms with van der Waals surface area (Å²) in [6.07, 6.45) is 1.69. The van der Waals surface area contributed by atoms with Crippen LogP contribution in [0.5, 0.6) is 0 Å². The summed E-state index contributed by atoms with van der Waals surface area (Å²) in [5.74, 6) is 0.671. The van der Waals surface area contributed by atoms with E-state index in [1.807, 2.05) is 30.3 Å². The fraction of sp³-hybridized carbons (Fsp3) is 0. The van der Waals surface area contributed by atoms with Crippen LogP contribution in [-0.4, -0.2) is 0 Å². The fourth-order valence-corrected chi connectivity index (χ4v) is 1.30. The molecule has 0 unspecified atom stereocenters. The smallest absolute Gasteiger partial charge is 0.104 e. The van der Waals surface area contributed by atoms with E-state index < -0.39 is 0 Å². The highest BCUT2D eigenvalue weighted by atomic mass is 35.5. The maximum Gasteiger partial charge on any atom is 0.104 e. The first-order valence-electron chi connectivity index (χ1n) is 3.92. The molecule has 0 fully saturated rings. The van der Waals surface area contributed by atoms with Crippen LogP contribution >= 0.6 is 11.6 Å². The number of hydrogen-bond donors (Lipinski definition) is 0. The molecule has 13 heavy (non-hydrogen) atoms. The van der Waals surface area contributed by atoms with E-state index in [9.17, 15) is 0 Å². The molecule has 0 aliphatic heterocycles. The van der Waals surface area contributed by atoms with Crippen molar-refractivity contribution in [3.8, 4) is 11.1 Å². The van der Waals surface area contributed by atoms with Crippen LogP contribution < -0.4 is 0 Å². The van der Waals surface area contributed by atoms with Crippen molar-refractivity contribution in [1.82, 2.24) is 0 Å². The second-order valence-corrected chi connectivity index (χ2v) is 3.25. The minimum Gasteiger partial charge on any atom is -0.469 e. The summed E-state index contributed by atoms with van der Waals surface area (Å²) in [5.41, 5.74) is 2.12. The van der Waals surface area contributed by atoms with Crippen molar-refractivity contribution >= 4 is 11.6 Å². The molecule has 1 aromatic heterocycles. The molecule has 0 saturated carbocycles. The van der Waals surface area contributed by atoms with Crippen molar-refractivity contribution < 1.29 is 4.42 Å².